The van der Waals surface area contributed by atoms with Crippen molar-refractivity contribution in [2.24, 2.45) is 0 Å². The van der Waals surface area contributed by atoms with E-state index in [1.807, 2.05) is 6.07 Å². The fraction of sp³-hybridized carbons (Fsp3) is 0.214. The van der Waals surface area contributed by atoms with E-state index in [2.05, 4.69) is 15.0 Å². The monoisotopic (exact) mass is 289 g/mol. The molecular formula is C14H15N3O2S. The molecule has 104 valence electrons. The first-order valence-corrected chi connectivity index (χ1v) is 7.86. The molecule has 0 radical (unpaired) electrons. The first-order chi connectivity index (χ1) is 9.56. The molecule has 0 aliphatic carbocycles. The van der Waals surface area contributed by atoms with Crippen LogP contribution in [0, 0.1) is 6.92 Å². The van der Waals surface area contributed by atoms with Gasteiger partial charge in [-0.3, -0.25) is 9.71 Å². The van der Waals surface area contributed by atoms with Crippen LogP contribution in [0.15, 0.2) is 41.4 Å². The van der Waals surface area contributed by atoms with Gasteiger partial charge in [0.2, 0.25) is 0 Å². The van der Waals surface area contributed by atoms with Gasteiger partial charge in [0.05, 0.1) is 16.3 Å². The number of anilines is 2. The van der Waals surface area contributed by atoms with Crippen LogP contribution in [0.4, 0.5) is 11.4 Å². The number of benzene rings is 1. The molecule has 1 aliphatic heterocycles. The Morgan fingerprint density at radius 2 is 2.15 bits per heavy atom. The number of sulfonamides is 1. The van der Waals surface area contributed by atoms with Gasteiger partial charge in [-0.2, -0.15) is 0 Å². The van der Waals surface area contributed by atoms with E-state index in [0.29, 0.717) is 11.4 Å². The van der Waals surface area contributed by atoms with Gasteiger partial charge in [-0.1, -0.05) is 0 Å². The summed E-state index contributed by atoms with van der Waals surface area (Å²) in [6.07, 6.45) is 2.48. The molecule has 1 aromatic carbocycles. The normalized spacial score (nSPS) is 13.7. The molecule has 0 fully saturated rings. The van der Waals surface area contributed by atoms with Crippen LogP contribution in [0.25, 0.3) is 0 Å². The maximum Gasteiger partial charge on any atom is 0.261 e. The lowest BCUT2D eigenvalue weighted by Gasteiger charge is -2.10. The van der Waals surface area contributed by atoms with Crippen LogP contribution in [-0.4, -0.2) is 19.9 Å². The average molecular weight is 289 g/mol. The summed E-state index contributed by atoms with van der Waals surface area (Å²) in [5, 5.41) is 3.21. The van der Waals surface area contributed by atoms with E-state index in [0.717, 1.165) is 24.2 Å². The fourth-order valence-corrected chi connectivity index (χ4v) is 3.41. The summed E-state index contributed by atoms with van der Waals surface area (Å²) in [5.74, 6) is 0. The molecule has 0 atom stereocenters. The second-order valence-electron chi connectivity index (χ2n) is 4.74. The lowest BCUT2D eigenvalue weighted by molar-refractivity contribution is 0.601. The quantitative estimate of drug-likeness (QED) is 0.908. The summed E-state index contributed by atoms with van der Waals surface area (Å²) in [7, 11) is -3.58. The van der Waals surface area contributed by atoms with Crippen LogP contribution in [0.2, 0.25) is 0 Å². The number of hydrogen-bond donors (Lipinski definition) is 2. The van der Waals surface area contributed by atoms with Gasteiger partial charge in [-0.05, 0) is 49.2 Å². The summed E-state index contributed by atoms with van der Waals surface area (Å²) in [6, 6.07) is 8.56. The molecule has 6 heteroatoms. The third-order valence-electron chi connectivity index (χ3n) is 3.35. The first-order valence-electron chi connectivity index (χ1n) is 6.37. The smallest absolute Gasteiger partial charge is 0.261 e. The maximum absolute atomic E-state index is 12.4. The number of fused-ring (bicyclic) bond motifs is 1. The third-order valence-corrected chi connectivity index (χ3v) is 4.71. The molecule has 0 saturated heterocycles. The molecule has 1 aromatic heterocycles. The number of aryl methyl sites for hydroxylation is 1. The van der Waals surface area contributed by atoms with Gasteiger partial charge in [-0.25, -0.2) is 8.42 Å². The minimum Gasteiger partial charge on any atom is -0.384 e. The molecule has 5 nitrogen and oxygen atoms in total. The predicted octanol–water partition coefficient (Wildman–Crippen LogP) is 2.16. The van der Waals surface area contributed by atoms with E-state index in [-0.39, 0.29) is 4.90 Å². The second-order valence-corrected chi connectivity index (χ2v) is 6.42. The van der Waals surface area contributed by atoms with Crippen LogP contribution in [-0.2, 0) is 16.4 Å². The molecule has 0 unspecified atom stereocenters. The van der Waals surface area contributed by atoms with Crippen molar-refractivity contribution < 1.29 is 8.42 Å². The molecule has 2 heterocycles. The number of nitrogens with one attached hydrogen (secondary N) is 2. The zero-order valence-corrected chi connectivity index (χ0v) is 11.9. The van der Waals surface area contributed by atoms with Crippen molar-refractivity contribution in [1.29, 1.82) is 0 Å². The van der Waals surface area contributed by atoms with Crippen LogP contribution >= 0.6 is 0 Å². The van der Waals surface area contributed by atoms with Crippen molar-refractivity contribution in [2.45, 2.75) is 18.2 Å². The Morgan fingerprint density at radius 3 is 2.95 bits per heavy atom. The van der Waals surface area contributed by atoms with Gasteiger partial charge >= 0.3 is 0 Å². The fourth-order valence-electron chi connectivity index (χ4n) is 2.24. The number of aromatic nitrogens is 1. The van der Waals surface area contributed by atoms with Crippen LogP contribution in [0.3, 0.4) is 0 Å². The Labute approximate surface area is 118 Å². The number of nitrogens with zero attached hydrogens (tertiary/aromatic N) is 1. The van der Waals surface area contributed by atoms with E-state index < -0.39 is 10.0 Å². The number of hydrogen-bond acceptors (Lipinski definition) is 4. The summed E-state index contributed by atoms with van der Waals surface area (Å²) < 4.78 is 27.4. The van der Waals surface area contributed by atoms with Crippen molar-refractivity contribution in [3.63, 3.8) is 0 Å². The van der Waals surface area contributed by atoms with E-state index in [1.165, 1.54) is 0 Å². The molecular weight excluding hydrogens is 274 g/mol. The average Bonchev–Trinajstić information content (AvgIpc) is 2.88. The Morgan fingerprint density at radius 1 is 1.30 bits per heavy atom. The van der Waals surface area contributed by atoms with Crippen molar-refractivity contribution >= 4 is 21.4 Å². The molecule has 20 heavy (non-hydrogen) atoms. The van der Waals surface area contributed by atoms with Crippen LogP contribution in [0.1, 0.15) is 11.3 Å². The van der Waals surface area contributed by atoms with E-state index in [9.17, 15) is 8.42 Å². The van der Waals surface area contributed by atoms with Gasteiger partial charge in [0.25, 0.3) is 10.0 Å². The van der Waals surface area contributed by atoms with E-state index in [4.69, 9.17) is 0 Å². The largest absolute Gasteiger partial charge is 0.384 e. The summed E-state index contributed by atoms with van der Waals surface area (Å²) in [4.78, 5) is 4.36. The van der Waals surface area contributed by atoms with Gasteiger partial charge < -0.3 is 5.32 Å². The molecule has 0 amide bonds. The Hall–Kier alpha value is -2.08. The first kappa shape index (κ1) is 12.9. The van der Waals surface area contributed by atoms with E-state index >= 15 is 0 Å². The lowest BCUT2D eigenvalue weighted by Crippen LogP contribution is -2.14. The van der Waals surface area contributed by atoms with Crippen LogP contribution in [0.5, 0.6) is 0 Å². The highest BCUT2D eigenvalue weighted by Gasteiger charge is 2.19. The zero-order valence-electron chi connectivity index (χ0n) is 11.1. The molecule has 0 spiro atoms. The molecule has 0 bridgehead atoms. The highest BCUT2D eigenvalue weighted by atomic mass is 32.2. The molecule has 3 rings (SSSR count). The highest BCUT2D eigenvalue weighted by Crippen LogP contribution is 2.26. The van der Waals surface area contributed by atoms with Crippen molar-refractivity contribution in [3.8, 4) is 0 Å². The SMILES string of the molecule is Cc1ncccc1NS(=O)(=O)c1ccc2c(c1)CCN2. The van der Waals surface area contributed by atoms with Gasteiger partial charge in [0.15, 0.2) is 0 Å². The summed E-state index contributed by atoms with van der Waals surface area (Å²) in [5.41, 5.74) is 3.21. The third kappa shape index (κ3) is 2.34. The van der Waals surface area contributed by atoms with Crippen molar-refractivity contribution in [3.05, 3.63) is 47.8 Å². The summed E-state index contributed by atoms with van der Waals surface area (Å²) in [6.45, 7) is 2.62. The van der Waals surface area contributed by atoms with Crippen molar-refractivity contribution in [2.75, 3.05) is 16.6 Å². The predicted molar refractivity (Wildman–Crippen MR) is 78.4 cm³/mol. The number of rotatable bonds is 3. The Balaban J connectivity index is 1.94. The minimum atomic E-state index is -3.58. The standard InChI is InChI=1S/C14H15N3O2S/c1-10-13(3-2-7-15-10)17-20(18,19)12-4-5-14-11(9-12)6-8-16-14/h2-5,7,9,16-17H,6,8H2,1H3. The topological polar surface area (TPSA) is 71.1 Å². The summed E-state index contributed by atoms with van der Waals surface area (Å²) >= 11 is 0. The Bertz CT molecular complexity index is 757. The van der Waals surface area contributed by atoms with Gasteiger partial charge in [0, 0.05) is 18.4 Å². The highest BCUT2D eigenvalue weighted by molar-refractivity contribution is 7.92. The number of pyridine rings is 1. The zero-order chi connectivity index (χ0) is 14.2. The van der Waals surface area contributed by atoms with E-state index in [1.54, 1.807) is 37.4 Å². The molecule has 1 aliphatic rings. The van der Waals surface area contributed by atoms with Crippen molar-refractivity contribution in [1.82, 2.24) is 4.98 Å². The molecule has 2 N–H and O–H groups in total. The molecule has 0 saturated carbocycles. The van der Waals surface area contributed by atoms with Gasteiger partial charge in [0.1, 0.15) is 0 Å². The molecule has 2 aromatic rings. The minimum absolute atomic E-state index is 0.281. The second kappa shape index (κ2) is 4.79. The maximum atomic E-state index is 12.4. The lowest BCUT2D eigenvalue weighted by atomic mass is 10.2. The van der Waals surface area contributed by atoms with Gasteiger partial charge in [-0.15, -0.1) is 0 Å². The van der Waals surface area contributed by atoms with Crippen LogP contribution < -0.4 is 10.0 Å². The Kier molecular flexibility index (Phi) is 3.10.